The maximum absolute atomic E-state index is 15.0. The first-order valence-corrected chi connectivity index (χ1v) is 17.0. The molecule has 0 aromatic heterocycles. The van der Waals surface area contributed by atoms with Crippen LogP contribution < -0.4 is 14.5 Å². The summed E-state index contributed by atoms with van der Waals surface area (Å²) in [7, 11) is 0. The van der Waals surface area contributed by atoms with Gasteiger partial charge in [-0.1, -0.05) is 54.1 Å². The SMILES string of the molecule is C=CCN(C(=O)C1N([C@H](CO)c2ccccc2)C(=O)[C@@H]2[C@H](C(=O)N(CC=C)c3ccc(OCC)cc3)[C@]3(C)CCC12O3)c1ccc(Cl)cc1. The molecule has 9 nitrogen and oxygen atoms in total. The molecule has 0 aliphatic carbocycles. The van der Waals surface area contributed by atoms with Crippen LogP contribution in [0.2, 0.25) is 5.02 Å². The third-order valence-corrected chi connectivity index (χ3v) is 10.4. The largest absolute Gasteiger partial charge is 0.494 e. The van der Waals surface area contributed by atoms with E-state index >= 15 is 9.59 Å². The van der Waals surface area contributed by atoms with Crippen molar-refractivity contribution in [1.82, 2.24) is 4.90 Å². The predicted molar refractivity (Wildman–Crippen MR) is 190 cm³/mol. The van der Waals surface area contributed by atoms with E-state index in [1.807, 2.05) is 56.3 Å². The number of carbonyl (C=O) groups is 3. The van der Waals surface area contributed by atoms with E-state index in [9.17, 15) is 9.90 Å². The number of carbonyl (C=O) groups excluding carboxylic acids is 3. The number of hydrogen-bond donors (Lipinski definition) is 1. The van der Waals surface area contributed by atoms with E-state index < -0.39 is 47.6 Å². The molecule has 2 bridgehead atoms. The van der Waals surface area contributed by atoms with Crippen molar-refractivity contribution in [3.8, 4) is 5.75 Å². The Morgan fingerprint density at radius 3 is 2.14 bits per heavy atom. The van der Waals surface area contributed by atoms with Gasteiger partial charge in [0.25, 0.3) is 5.91 Å². The molecule has 49 heavy (non-hydrogen) atoms. The monoisotopic (exact) mass is 683 g/mol. The molecule has 10 heteroatoms. The number of fused-ring (bicyclic) bond motifs is 1. The van der Waals surface area contributed by atoms with Gasteiger partial charge in [0.2, 0.25) is 11.8 Å². The summed E-state index contributed by atoms with van der Waals surface area (Å²) in [6.45, 7) is 12.0. The molecular formula is C39H42ClN3O6. The van der Waals surface area contributed by atoms with Crippen molar-refractivity contribution in [2.24, 2.45) is 11.8 Å². The zero-order valence-electron chi connectivity index (χ0n) is 27.8. The zero-order chi connectivity index (χ0) is 34.9. The van der Waals surface area contributed by atoms with Crippen LogP contribution in [-0.2, 0) is 19.1 Å². The first-order valence-electron chi connectivity index (χ1n) is 16.6. The quantitative estimate of drug-likeness (QED) is 0.223. The van der Waals surface area contributed by atoms with Crippen LogP contribution in [0.3, 0.4) is 0 Å². The first kappa shape index (κ1) is 34.4. The lowest BCUT2D eigenvalue weighted by Crippen LogP contribution is -2.57. The summed E-state index contributed by atoms with van der Waals surface area (Å²) in [5, 5.41) is 11.4. The van der Waals surface area contributed by atoms with Gasteiger partial charge in [-0.05, 0) is 80.8 Å². The molecule has 2 unspecified atom stereocenters. The van der Waals surface area contributed by atoms with Crippen LogP contribution in [-0.4, -0.2) is 71.3 Å². The molecule has 3 fully saturated rings. The van der Waals surface area contributed by atoms with Gasteiger partial charge in [0.15, 0.2) is 0 Å². The van der Waals surface area contributed by atoms with Gasteiger partial charge in [-0.25, -0.2) is 0 Å². The van der Waals surface area contributed by atoms with Crippen LogP contribution in [0.1, 0.15) is 38.3 Å². The number of aliphatic hydroxyl groups excluding tert-OH is 1. The van der Waals surface area contributed by atoms with E-state index in [4.69, 9.17) is 21.1 Å². The number of anilines is 2. The Morgan fingerprint density at radius 2 is 1.57 bits per heavy atom. The molecule has 3 amide bonds. The molecule has 0 saturated carbocycles. The number of aliphatic hydroxyl groups is 1. The lowest BCUT2D eigenvalue weighted by Gasteiger charge is -2.39. The van der Waals surface area contributed by atoms with Crippen LogP contribution in [0.25, 0.3) is 0 Å². The second-order valence-electron chi connectivity index (χ2n) is 13.0. The third-order valence-electron chi connectivity index (χ3n) is 10.2. The summed E-state index contributed by atoms with van der Waals surface area (Å²) in [5.74, 6) is -2.28. The highest BCUT2D eigenvalue weighted by atomic mass is 35.5. The van der Waals surface area contributed by atoms with Gasteiger partial charge < -0.3 is 29.3 Å². The summed E-state index contributed by atoms with van der Waals surface area (Å²) in [4.78, 5) is 49.6. The number of amides is 3. The number of benzene rings is 3. The number of hydrogen-bond acceptors (Lipinski definition) is 6. The van der Waals surface area contributed by atoms with Crippen molar-refractivity contribution in [2.45, 2.75) is 50.0 Å². The number of ether oxygens (including phenoxy) is 2. The molecule has 256 valence electrons. The number of halogens is 1. The smallest absolute Gasteiger partial charge is 0.253 e. The molecule has 1 spiro atoms. The van der Waals surface area contributed by atoms with Gasteiger partial charge in [0.05, 0.1) is 36.7 Å². The molecule has 3 aliphatic heterocycles. The Hall–Kier alpha value is -4.44. The lowest BCUT2D eigenvalue weighted by molar-refractivity contribution is -0.148. The van der Waals surface area contributed by atoms with Gasteiger partial charge in [-0.3, -0.25) is 14.4 Å². The van der Waals surface area contributed by atoms with E-state index in [2.05, 4.69) is 13.2 Å². The van der Waals surface area contributed by atoms with E-state index in [-0.39, 0.29) is 24.9 Å². The Balaban J connectivity index is 1.47. The molecule has 0 radical (unpaired) electrons. The minimum Gasteiger partial charge on any atom is -0.494 e. The molecule has 3 aliphatic rings. The summed E-state index contributed by atoms with van der Waals surface area (Å²) in [5.41, 5.74) is -0.476. The average molecular weight is 684 g/mol. The van der Waals surface area contributed by atoms with Crippen LogP contribution in [0.4, 0.5) is 11.4 Å². The van der Waals surface area contributed by atoms with Crippen LogP contribution in [0, 0.1) is 11.8 Å². The van der Waals surface area contributed by atoms with Crippen molar-refractivity contribution in [3.05, 3.63) is 115 Å². The van der Waals surface area contributed by atoms with Crippen molar-refractivity contribution in [1.29, 1.82) is 0 Å². The van der Waals surface area contributed by atoms with Crippen LogP contribution >= 0.6 is 11.6 Å². The van der Waals surface area contributed by atoms with E-state index in [0.717, 1.165) is 0 Å². The molecule has 3 saturated heterocycles. The minimum absolute atomic E-state index is 0.152. The van der Waals surface area contributed by atoms with Gasteiger partial charge in [0, 0.05) is 29.5 Å². The standard InChI is InChI=1S/C39H42ClN3O6/c1-5-23-41(29-17-19-30(20-18-29)48-7-3)35(45)32-33-36(46)43(31(25-44)26-11-9-8-10-12-26)34(39(33)22-21-38(32,4)49-39)37(47)42(24-6-2)28-15-13-27(40)14-16-28/h5-6,8-20,31-34,44H,1-2,7,21-25H2,3-4H3/t31-,32-,33+,34?,38+,39?/m1/s1. The highest BCUT2D eigenvalue weighted by molar-refractivity contribution is 6.30. The van der Waals surface area contributed by atoms with Gasteiger partial charge in [0.1, 0.15) is 17.4 Å². The van der Waals surface area contributed by atoms with E-state index in [1.54, 1.807) is 58.4 Å². The number of nitrogens with zero attached hydrogens (tertiary/aromatic N) is 3. The van der Waals surface area contributed by atoms with Crippen molar-refractivity contribution in [3.63, 3.8) is 0 Å². The Labute approximate surface area is 292 Å². The van der Waals surface area contributed by atoms with Gasteiger partial charge in [-0.2, -0.15) is 0 Å². The summed E-state index contributed by atoms with van der Waals surface area (Å²) in [6, 6.07) is 21.2. The van der Waals surface area contributed by atoms with Crippen molar-refractivity contribution in [2.75, 3.05) is 36.1 Å². The molecule has 6 atom stereocenters. The fourth-order valence-electron chi connectivity index (χ4n) is 8.11. The fourth-order valence-corrected chi connectivity index (χ4v) is 8.24. The molecule has 6 rings (SSSR count). The summed E-state index contributed by atoms with van der Waals surface area (Å²) >= 11 is 6.20. The zero-order valence-corrected chi connectivity index (χ0v) is 28.6. The fraction of sp³-hybridized carbons (Fsp3) is 0.359. The molecule has 1 N–H and O–H groups in total. The molecule has 3 heterocycles. The van der Waals surface area contributed by atoms with E-state index in [0.29, 0.717) is 47.2 Å². The second kappa shape index (κ2) is 13.8. The highest BCUT2D eigenvalue weighted by Gasteiger charge is 2.79. The normalized spacial score (nSPS) is 25.8. The maximum atomic E-state index is 15.0. The topological polar surface area (TPSA) is 99.6 Å². The number of likely N-dealkylation sites (tertiary alicyclic amines) is 1. The predicted octanol–water partition coefficient (Wildman–Crippen LogP) is 5.98. The molecular weight excluding hydrogens is 642 g/mol. The van der Waals surface area contributed by atoms with Gasteiger partial charge in [-0.15, -0.1) is 13.2 Å². The first-order chi connectivity index (χ1) is 23.6. The Kier molecular flexibility index (Phi) is 9.71. The average Bonchev–Trinajstić information content (AvgIpc) is 3.68. The maximum Gasteiger partial charge on any atom is 0.253 e. The highest BCUT2D eigenvalue weighted by Crippen LogP contribution is 2.64. The summed E-state index contributed by atoms with van der Waals surface area (Å²) in [6.07, 6.45) is 4.12. The lowest BCUT2D eigenvalue weighted by atomic mass is 9.66. The number of rotatable bonds is 13. The van der Waals surface area contributed by atoms with Crippen molar-refractivity contribution < 1.29 is 29.0 Å². The summed E-state index contributed by atoms with van der Waals surface area (Å²) < 4.78 is 12.6. The Bertz CT molecular complexity index is 1720. The van der Waals surface area contributed by atoms with E-state index in [1.165, 1.54) is 4.90 Å². The molecule has 3 aromatic carbocycles. The van der Waals surface area contributed by atoms with Crippen molar-refractivity contribution >= 4 is 40.7 Å². The Morgan fingerprint density at radius 1 is 0.980 bits per heavy atom. The third kappa shape index (κ3) is 5.83. The van der Waals surface area contributed by atoms with Crippen LogP contribution in [0.15, 0.2) is 104 Å². The second-order valence-corrected chi connectivity index (χ2v) is 13.4. The van der Waals surface area contributed by atoms with Crippen LogP contribution in [0.5, 0.6) is 5.75 Å². The minimum atomic E-state index is -1.32. The molecule has 3 aromatic rings. The van der Waals surface area contributed by atoms with Gasteiger partial charge >= 0.3 is 0 Å².